The van der Waals surface area contributed by atoms with Gasteiger partial charge in [-0.1, -0.05) is 6.92 Å². The van der Waals surface area contributed by atoms with E-state index in [0.717, 1.165) is 6.54 Å². The third-order valence-corrected chi connectivity index (χ3v) is 1.83. The van der Waals surface area contributed by atoms with Crippen LogP contribution in [0.2, 0.25) is 0 Å². The summed E-state index contributed by atoms with van der Waals surface area (Å²) in [6, 6.07) is 0. The van der Waals surface area contributed by atoms with Crippen molar-refractivity contribution < 1.29 is 5.11 Å². The normalized spacial score (nSPS) is 15.3. The Labute approximate surface area is 78.0 Å². The number of likely N-dealkylation sites (N-methyl/N-ethyl adjacent to an activating group) is 1. The van der Waals surface area contributed by atoms with Crippen LogP contribution in [0, 0.1) is 0 Å². The molecule has 1 heterocycles. The summed E-state index contributed by atoms with van der Waals surface area (Å²) in [5.41, 5.74) is -0.347. The summed E-state index contributed by atoms with van der Waals surface area (Å²) in [4.78, 5) is 7.96. The highest BCUT2D eigenvalue weighted by molar-refractivity contribution is 5.06. The lowest BCUT2D eigenvalue weighted by Crippen LogP contribution is -2.36. The minimum Gasteiger partial charge on any atom is -0.382 e. The molecule has 1 unspecified atom stereocenters. The van der Waals surface area contributed by atoms with Gasteiger partial charge < -0.3 is 10.4 Å². The first-order valence-corrected chi connectivity index (χ1v) is 4.36. The predicted octanol–water partition coefficient (Wildman–Crippen LogP) is 0.294. The Morgan fingerprint density at radius 1 is 1.54 bits per heavy atom. The molecule has 1 atom stereocenters. The van der Waals surface area contributed by atoms with Gasteiger partial charge in [0.2, 0.25) is 0 Å². The molecule has 0 saturated heterocycles. The number of nitrogens with zero attached hydrogens (tertiary/aromatic N) is 2. The zero-order valence-electron chi connectivity index (χ0n) is 7.99. The van der Waals surface area contributed by atoms with Crippen molar-refractivity contribution in [3.05, 3.63) is 24.3 Å². The molecule has 4 heteroatoms. The lowest BCUT2D eigenvalue weighted by atomic mass is 10.0. The average Bonchev–Trinajstić information content (AvgIpc) is 2.16. The first-order valence-electron chi connectivity index (χ1n) is 4.36. The Morgan fingerprint density at radius 3 is 2.85 bits per heavy atom. The van der Waals surface area contributed by atoms with Gasteiger partial charge in [-0.25, -0.2) is 0 Å². The highest BCUT2D eigenvalue weighted by Gasteiger charge is 2.23. The van der Waals surface area contributed by atoms with E-state index < -0.39 is 5.60 Å². The fourth-order valence-electron chi connectivity index (χ4n) is 1.04. The Kier molecular flexibility index (Phi) is 3.33. The van der Waals surface area contributed by atoms with Gasteiger partial charge in [-0.2, -0.15) is 0 Å². The SMILES string of the molecule is CCNCC(C)(O)c1cnccn1. The summed E-state index contributed by atoms with van der Waals surface area (Å²) < 4.78 is 0. The monoisotopic (exact) mass is 181 g/mol. The molecule has 1 rings (SSSR count). The molecule has 2 N–H and O–H groups in total. The Hall–Kier alpha value is -1.00. The number of hydrogen-bond donors (Lipinski definition) is 2. The molecule has 0 aliphatic heterocycles. The highest BCUT2D eigenvalue weighted by atomic mass is 16.3. The van der Waals surface area contributed by atoms with Gasteiger partial charge in [0.1, 0.15) is 5.60 Å². The Morgan fingerprint density at radius 2 is 2.31 bits per heavy atom. The van der Waals surface area contributed by atoms with E-state index >= 15 is 0 Å². The van der Waals surface area contributed by atoms with Crippen molar-refractivity contribution in [1.29, 1.82) is 0 Å². The summed E-state index contributed by atoms with van der Waals surface area (Å²) >= 11 is 0. The third-order valence-electron chi connectivity index (χ3n) is 1.83. The summed E-state index contributed by atoms with van der Waals surface area (Å²) in [5.74, 6) is 0. The van der Waals surface area contributed by atoms with Crippen LogP contribution in [0.5, 0.6) is 0 Å². The van der Waals surface area contributed by atoms with Crippen molar-refractivity contribution in [2.75, 3.05) is 13.1 Å². The predicted molar refractivity (Wildman–Crippen MR) is 50.1 cm³/mol. The van der Waals surface area contributed by atoms with E-state index in [-0.39, 0.29) is 0 Å². The van der Waals surface area contributed by atoms with Gasteiger partial charge in [0.15, 0.2) is 0 Å². The molecule has 72 valence electrons. The molecule has 0 aliphatic carbocycles. The maximum Gasteiger partial charge on any atom is 0.118 e. The number of aromatic nitrogens is 2. The maximum atomic E-state index is 9.95. The molecule has 1 aromatic heterocycles. The van der Waals surface area contributed by atoms with Crippen LogP contribution in [0.25, 0.3) is 0 Å². The lowest BCUT2D eigenvalue weighted by molar-refractivity contribution is 0.0527. The zero-order valence-corrected chi connectivity index (χ0v) is 7.99. The van der Waals surface area contributed by atoms with Crippen LogP contribution in [0.1, 0.15) is 19.5 Å². The minimum absolute atomic E-state index is 0.488. The molecule has 4 nitrogen and oxygen atoms in total. The van der Waals surface area contributed by atoms with Gasteiger partial charge in [0.05, 0.1) is 11.9 Å². The van der Waals surface area contributed by atoms with Gasteiger partial charge in [0.25, 0.3) is 0 Å². The molecule has 0 saturated carbocycles. The lowest BCUT2D eigenvalue weighted by Gasteiger charge is -2.22. The van der Waals surface area contributed by atoms with E-state index in [1.807, 2.05) is 6.92 Å². The van der Waals surface area contributed by atoms with Crippen molar-refractivity contribution in [3.8, 4) is 0 Å². The van der Waals surface area contributed by atoms with E-state index in [2.05, 4.69) is 15.3 Å². The van der Waals surface area contributed by atoms with Gasteiger partial charge in [-0.05, 0) is 13.5 Å². The van der Waals surface area contributed by atoms with Gasteiger partial charge >= 0.3 is 0 Å². The topological polar surface area (TPSA) is 58.0 Å². The van der Waals surface area contributed by atoms with Crippen LogP contribution < -0.4 is 5.32 Å². The van der Waals surface area contributed by atoms with Crippen molar-refractivity contribution in [2.24, 2.45) is 0 Å². The fourth-order valence-corrected chi connectivity index (χ4v) is 1.04. The number of nitrogens with one attached hydrogen (secondary N) is 1. The van der Waals surface area contributed by atoms with E-state index in [4.69, 9.17) is 0 Å². The molecule has 0 spiro atoms. The smallest absolute Gasteiger partial charge is 0.118 e. The summed E-state index contributed by atoms with van der Waals surface area (Å²) in [7, 11) is 0. The molecule has 1 aromatic rings. The molecule has 0 fully saturated rings. The standard InChI is InChI=1S/C9H15N3O/c1-3-10-7-9(2,13)8-6-11-4-5-12-8/h4-6,10,13H,3,7H2,1-2H3. The van der Waals surface area contributed by atoms with Gasteiger partial charge in [-0.15, -0.1) is 0 Å². The molecular formula is C9H15N3O. The van der Waals surface area contributed by atoms with Crippen molar-refractivity contribution >= 4 is 0 Å². The van der Waals surface area contributed by atoms with E-state index in [0.29, 0.717) is 12.2 Å². The largest absolute Gasteiger partial charge is 0.382 e. The molecule has 13 heavy (non-hydrogen) atoms. The summed E-state index contributed by atoms with van der Waals surface area (Å²) in [5, 5.41) is 13.0. The van der Waals surface area contributed by atoms with Crippen LogP contribution in [0.4, 0.5) is 0 Å². The van der Waals surface area contributed by atoms with Gasteiger partial charge in [0, 0.05) is 18.9 Å². The maximum absolute atomic E-state index is 9.95. The van der Waals surface area contributed by atoms with Crippen LogP contribution >= 0.6 is 0 Å². The number of rotatable bonds is 4. The van der Waals surface area contributed by atoms with Gasteiger partial charge in [-0.3, -0.25) is 9.97 Å². The molecule has 0 aliphatic rings. The van der Waals surface area contributed by atoms with Crippen molar-refractivity contribution in [1.82, 2.24) is 15.3 Å². The summed E-state index contributed by atoms with van der Waals surface area (Å²) in [6.45, 7) is 5.03. The molecule has 0 amide bonds. The van der Waals surface area contributed by atoms with Crippen LogP contribution in [0.15, 0.2) is 18.6 Å². The first-order chi connectivity index (χ1) is 6.17. The van der Waals surface area contributed by atoms with Crippen molar-refractivity contribution in [3.63, 3.8) is 0 Å². The quantitative estimate of drug-likeness (QED) is 0.701. The highest BCUT2D eigenvalue weighted by Crippen LogP contribution is 2.15. The molecular weight excluding hydrogens is 166 g/mol. The zero-order chi connectivity index (χ0) is 9.73. The van der Waals surface area contributed by atoms with E-state index in [1.54, 1.807) is 25.5 Å². The van der Waals surface area contributed by atoms with E-state index in [9.17, 15) is 5.11 Å². The summed E-state index contributed by atoms with van der Waals surface area (Å²) in [6.07, 6.45) is 4.75. The fraction of sp³-hybridized carbons (Fsp3) is 0.556. The van der Waals surface area contributed by atoms with Crippen LogP contribution in [-0.4, -0.2) is 28.2 Å². The Balaban J connectivity index is 2.69. The second-order valence-corrected chi connectivity index (χ2v) is 3.14. The second kappa shape index (κ2) is 4.30. The second-order valence-electron chi connectivity index (χ2n) is 3.14. The molecule has 0 bridgehead atoms. The van der Waals surface area contributed by atoms with Crippen molar-refractivity contribution in [2.45, 2.75) is 19.4 Å². The minimum atomic E-state index is -0.940. The Bertz CT molecular complexity index is 248. The average molecular weight is 181 g/mol. The molecule has 0 aromatic carbocycles. The third kappa shape index (κ3) is 2.75. The number of hydrogen-bond acceptors (Lipinski definition) is 4. The first kappa shape index (κ1) is 10.1. The number of aliphatic hydroxyl groups is 1. The van der Waals surface area contributed by atoms with E-state index in [1.165, 1.54) is 0 Å². The molecule has 0 radical (unpaired) electrons. The van der Waals surface area contributed by atoms with Crippen LogP contribution in [-0.2, 0) is 5.60 Å². The van der Waals surface area contributed by atoms with Crippen LogP contribution in [0.3, 0.4) is 0 Å².